The fraction of sp³-hybridized carbons (Fsp3) is 0.125. The van der Waals surface area contributed by atoms with Crippen LogP contribution in [-0.4, -0.2) is 25.3 Å². The minimum atomic E-state index is -0.282. The molecule has 122 valence electrons. The van der Waals surface area contributed by atoms with E-state index in [1.54, 1.807) is 23.7 Å². The smallest absolute Gasteiger partial charge is 0.175 e. The van der Waals surface area contributed by atoms with Crippen LogP contribution in [0, 0.1) is 12.7 Å². The number of aryl methyl sites for hydroxylation is 1. The Labute approximate surface area is 143 Å². The van der Waals surface area contributed by atoms with Gasteiger partial charge in [0.15, 0.2) is 10.9 Å². The quantitative estimate of drug-likeness (QED) is 0.711. The highest BCUT2D eigenvalue weighted by molar-refractivity contribution is 7.80. The van der Waals surface area contributed by atoms with E-state index < -0.39 is 0 Å². The van der Waals surface area contributed by atoms with Crippen molar-refractivity contribution in [3.63, 3.8) is 0 Å². The third kappa shape index (κ3) is 3.72. The van der Waals surface area contributed by atoms with Gasteiger partial charge in [-0.15, -0.1) is 5.10 Å². The third-order valence-corrected chi connectivity index (χ3v) is 3.62. The largest absolute Gasteiger partial charge is 0.355 e. The Morgan fingerprint density at radius 2 is 2.00 bits per heavy atom. The van der Waals surface area contributed by atoms with Gasteiger partial charge in [0, 0.05) is 5.69 Å². The molecule has 0 fully saturated rings. The number of benzene rings is 2. The number of thiocarbonyl (C=S) groups is 1. The molecule has 0 saturated carbocycles. The lowest BCUT2D eigenvalue weighted by atomic mass is 10.2. The van der Waals surface area contributed by atoms with E-state index in [1.807, 2.05) is 30.3 Å². The van der Waals surface area contributed by atoms with E-state index in [-0.39, 0.29) is 5.82 Å². The minimum Gasteiger partial charge on any atom is -0.355 e. The average Bonchev–Trinajstić information content (AvgIpc) is 3.06. The molecule has 3 aromatic rings. The Kier molecular flexibility index (Phi) is 4.76. The molecule has 0 aliphatic rings. The van der Waals surface area contributed by atoms with Gasteiger partial charge in [0.1, 0.15) is 5.82 Å². The predicted molar refractivity (Wildman–Crippen MR) is 93.4 cm³/mol. The molecule has 6 nitrogen and oxygen atoms in total. The standard InChI is InChI=1S/C16H15FN6S/c1-11-7-8-12(9-14(11)17)19-16(24)18-10-15-20-21-22-23(15)13-5-3-2-4-6-13/h2-9H,10H2,1H3,(H2,18,19,24). The summed E-state index contributed by atoms with van der Waals surface area (Å²) in [5.41, 5.74) is 2.03. The molecule has 2 N–H and O–H groups in total. The third-order valence-electron chi connectivity index (χ3n) is 3.37. The molecular weight excluding hydrogens is 327 g/mol. The molecule has 0 bridgehead atoms. The molecule has 0 amide bonds. The Morgan fingerprint density at radius 1 is 1.21 bits per heavy atom. The van der Waals surface area contributed by atoms with E-state index in [0.717, 1.165) is 5.69 Å². The number of para-hydroxylation sites is 1. The van der Waals surface area contributed by atoms with Crippen molar-refractivity contribution in [1.29, 1.82) is 0 Å². The van der Waals surface area contributed by atoms with Crippen LogP contribution in [0.2, 0.25) is 0 Å². The number of tetrazole rings is 1. The van der Waals surface area contributed by atoms with Gasteiger partial charge in [0.05, 0.1) is 12.2 Å². The van der Waals surface area contributed by atoms with Crippen molar-refractivity contribution in [2.45, 2.75) is 13.5 Å². The average molecular weight is 342 g/mol. The first-order valence-electron chi connectivity index (χ1n) is 7.27. The summed E-state index contributed by atoms with van der Waals surface area (Å²) in [6.07, 6.45) is 0. The number of halogens is 1. The Bertz CT molecular complexity index is 849. The summed E-state index contributed by atoms with van der Waals surface area (Å²) < 4.78 is 15.2. The van der Waals surface area contributed by atoms with Gasteiger partial charge >= 0.3 is 0 Å². The first-order chi connectivity index (χ1) is 11.6. The molecule has 24 heavy (non-hydrogen) atoms. The Hall–Kier alpha value is -2.87. The molecule has 0 aliphatic carbocycles. The Morgan fingerprint density at radius 3 is 2.75 bits per heavy atom. The molecule has 0 radical (unpaired) electrons. The van der Waals surface area contributed by atoms with Crippen molar-refractivity contribution in [3.05, 3.63) is 65.7 Å². The van der Waals surface area contributed by atoms with Crippen molar-refractivity contribution in [2.75, 3.05) is 5.32 Å². The van der Waals surface area contributed by atoms with Gasteiger partial charge in [0.25, 0.3) is 0 Å². The highest BCUT2D eigenvalue weighted by Crippen LogP contribution is 2.13. The molecule has 0 atom stereocenters. The number of rotatable bonds is 4. The maximum absolute atomic E-state index is 13.5. The van der Waals surface area contributed by atoms with Crippen molar-refractivity contribution >= 4 is 23.0 Å². The lowest BCUT2D eigenvalue weighted by molar-refractivity contribution is 0.619. The van der Waals surface area contributed by atoms with Crippen molar-refractivity contribution in [3.8, 4) is 5.69 Å². The van der Waals surface area contributed by atoms with E-state index >= 15 is 0 Å². The van der Waals surface area contributed by atoms with Crippen LogP contribution in [0.1, 0.15) is 11.4 Å². The summed E-state index contributed by atoms with van der Waals surface area (Å²) in [5.74, 6) is 0.330. The Balaban J connectivity index is 1.63. The molecule has 0 aliphatic heterocycles. The summed E-state index contributed by atoms with van der Waals surface area (Å²) in [6, 6.07) is 14.4. The molecule has 8 heteroatoms. The second-order valence-corrected chi connectivity index (χ2v) is 5.52. The minimum absolute atomic E-state index is 0.282. The van der Waals surface area contributed by atoms with Crippen LogP contribution in [0.15, 0.2) is 48.5 Å². The van der Waals surface area contributed by atoms with Crippen LogP contribution in [0.5, 0.6) is 0 Å². The van der Waals surface area contributed by atoms with Crippen LogP contribution < -0.4 is 10.6 Å². The number of hydrogen-bond acceptors (Lipinski definition) is 4. The lowest BCUT2D eigenvalue weighted by Gasteiger charge is -2.11. The van der Waals surface area contributed by atoms with E-state index in [4.69, 9.17) is 12.2 Å². The van der Waals surface area contributed by atoms with Crippen LogP contribution in [0.25, 0.3) is 5.69 Å². The zero-order valence-corrected chi connectivity index (χ0v) is 13.7. The molecular formula is C16H15FN6S. The maximum atomic E-state index is 13.5. The molecule has 1 aromatic heterocycles. The summed E-state index contributed by atoms with van der Waals surface area (Å²) in [5, 5.41) is 18.0. The lowest BCUT2D eigenvalue weighted by Crippen LogP contribution is -2.29. The number of nitrogens with one attached hydrogen (secondary N) is 2. The summed E-state index contributed by atoms with van der Waals surface area (Å²) >= 11 is 5.22. The first kappa shape index (κ1) is 16.0. The molecule has 3 rings (SSSR count). The van der Waals surface area contributed by atoms with Gasteiger partial charge in [-0.05, 0) is 59.4 Å². The number of aromatic nitrogens is 4. The SMILES string of the molecule is Cc1ccc(NC(=S)NCc2nnnn2-c2ccccc2)cc1F. The molecule has 1 heterocycles. The number of hydrogen-bond donors (Lipinski definition) is 2. The van der Waals surface area contributed by atoms with Gasteiger partial charge in [-0.3, -0.25) is 0 Å². The summed E-state index contributed by atoms with van der Waals surface area (Å²) in [6.45, 7) is 2.04. The fourth-order valence-corrected chi connectivity index (χ4v) is 2.28. The highest BCUT2D eigenvalue weighted by atomic mass is 32.1. The fourth-order valence-electron chi connectivity index (χ4n) is 2.09. The van der Waals surface area contributed by atoms with Crippen LogP contribution in [0.4, 0.5) is 10.1 Å². The molecule has 0 spiro atoms. The zero-order valence-electron chi connectivity index (χ0n) is 12.9. The predicted octanol–water partition coefficient (Wildman–Crippen LogP) is 2.60. The number of anilines is 1. The molecule has 0 saturated heterocycles. The van der Waals surface area contributed by atoms with Crippen LogP contribution in [0.3, 0.4) is 0 Å². The van der Waals surface area contributed by atoms with Gasteiger partial charge in [-0.2, -0.15) is 4.68 Å². The first-order valence-corrected chi connectivity index (χ1v) is 7.68. The second kappa shape index (κ2) is 7.14. The van der Waals surface area contributed by atoms with Crippen LogP contribution >= 0.6 is 12.2 Å². The second-order valence-electron chi connectivity index (χ2n) is 5.11. The van der Waals surface area contributed by atoms with E-state index in [9.17, 15) is 4.39 Å². The summed E-state index contributed by atoms with van der Waals surface area (Å²) in [7, 11) is 0. The van der Waals surface area contributed by atoms with E-state index in [0.29, 0.717) is 28.7 Å². The molecule has 0 unspecified atom stereocenters. The van der Waals surface area contributed by atoms with E-state index in [1.165, 1.54) is 6.07 Å². The highest BCUT2D eigenvalue weighted by Gasteiger charge is 2.08. The van der Waals surface area contributed by atoms with E-state index in [2.05, 4.69) is 26.2 Å². The van der Waals surface area contributed by atoms with Crippen molar-refractivity contribution in [1.82, 2.24) is 25.5 Å². The number of nitrogens with zero attached hydrogens (tertiary/aromatic N) is 4. The van der Waals surface area contributed by atoms with Crippen molar-refractivity contribution < 1.29 is 4.39 Å². The molecule has 2 aromatic carbocycles. The van der Waals surface area contributed by atoms with Gasteiger partial charge in [-0.25, -0.2) is 4.39 Å². The van der Waals surface area contributed by atoms with Crippen molar-refractivity contribution in [2.24, 2.45) is 0 Å². The topological polar surface area (TPSA) is 67.7 Å². The monoisotopic (exact) mass is 342 g/mol. The van der Waals surface area contributed by atoms with Gasteiger partial charge in [-0.1, -0.05) is 24.3 Å². The van der Waals surface area contributed by atoms with Gasteiger partial charge in [0.2, 0.25) is 0 Å². The summed E-state index contributed by atoms with van der Waals surface area (Å²) in [4.78, 5) is 0. The normalized spacial score (nSPS) is 10.4. The van der Waals surface area contributed by atoms with Crippen LogP contribution in [-0.2, 0) is 6.54 Å². The zero-order chi connectivity index (χ0) is 16.9. The maximum Gasteiger partial charge on any atom is 0.175 e. The van der Waals surface area contributed by atoms with Gasteiger partial charge < -0.3 is 10.6 Å².